The van der Waals surface area contributed by atoms with Crippen molar-refractivity contribution < 1.29 is 4.79 Å². The van der Waals surface area contributed by atoms with Crippen LogP contribution in [0.2, 0.25) is 0 Å². The largest absolute Gasteiger partial charge is 0.348 e. The molecule has 0 saturated carbocycles. The molecule has 5 nitrogen and oxygen atoms in total. The molecule has 1 heterocycles. The molecule has 1 atom stereocenters. The van der Waals surface area contributed by atoms with Crippen LogP contribution < -0.4 is 5.32 Å². The van der Waals surface area contributed by atoms with Gasteiger partial charge in [0, 0.05) is 6.04 Å². The molecular weight excluding hydrogens is 204 g/mol. The molecule has 0 aromatic carbocycles. The van der Waals surface area contributed by atoms with Crippen LogP contribution in [0.25, 0.3) is 0 Å². The molecule has 0 bridgehead atoms. The minimum Gasteiger partial charge on any atom is -0.348 e. The number of nitriles is 1. The highest BCUT2D eigenvalue weighted by molar-refractivity contribution is 5.95. The van der Waals surface area contributed by atoms with Gasteiger partial charge in [-0.3, -0.25) is 4.79 Å². The first kappa shape index (κ1) is 12.1. The molecule has 0 aliphatic rings. The Hall–Kier alpha value is -1.96. The van der Waals surface area contributed by atoms with Crippen LogP contribution in [-0.2, 0) is 0 Å². The Balaban J connectivity index is 2.81. The second-order valence-electron chi connectivity index (χ2n) is 3.72. The van der Waals surface area contributed by atoms with E-state index in [4.69, 9.17) is 5.26 Å². The van der Waals surface area contributed by atoms with Gasteiger partial charge in [-0.1, -0.05) is 0 Å². The van der Waals surface area contributed by atoms with Gasteiger partial charge < -0.3 is 5.32 Å². The van der Waals surface area contributed by atoms with Crippen molar-refractivity contribution in [3.8, 4) is 6.07 Å². The normalized spacial score (nSPS) is 11.6. The molecule has 0 aliphatic carbocycles. The molecule has 1 rings (SSSR count). The lowest BCUT2D eigenvalue weighted by Crippen LogP contribution is -2.33. The van der Waals surface area contributed by atoms with E-state index in [-0.39, 0.29) is 11.9 Å². The van der Waals surface area contributed by atoms with E-state index in [1.165, 1.54) is 0 Å². The van der Waals surface area contributed by atoms with Crippen LogP contribution >= 0.6 is 0 Å². The summed E-state index contributed by atoms with van der Waals surface area (Å²) in [5, 5.41) is 19.0. The molecule has 1 amide bonds. The maximum absolute atomic E-state index is 11.8. The van der Waals surface area contributed by atoms with Crippen LogP contribution in [-0.4, -0.2) is 22.1 Å². The van der Waals surface area contributed by atoms with Crippen molar-refractivity contribution in [2.24, 2.45) is 0 Å². The number of nitrogens with one attached hydrogen (secondary N) is 1. The average Bonchev–Trinajstić information content (AvgIpc) is 2.21. The van der Waals surface area contributed by atoms with E-state index in [1.807, 2.05) is 6.07 Å². The summed E-state index contributed by atoms with van der Waals surface area (Å²) in [4.78, 5) is 11.8. The first-order valence-electron chi connectivity index (χ1n) is 5.03. The lowest BCUT2D eigenvalue weighted by Gasteiger charge is -2.11. The molecule has 84 valence electrons. The number of nitrogens with zero attached hydrogens (tertiary/aromatic N) is 3. The standard InChI is InChI=1S/C11H14N4O/c1-7(4-5-12)13-11(16)10-6-8(2)14-15-9(10)3/h6-7H,4H2,1-3H3,(H,13,16). The zero-order valence-electron chi connectivity index (χ0n) is 9.61. The molecule has 1 aromatic heterocycles. The van der Waals surface area contributed by atoms with Gasteiger partial charge >= 0.3 is 0 Å². The zero-order valence-corrected chi connectivity index (χ0v) is 9.61. The fourth-order valence-corrected chi connectivity index (χ4v) is 1.27. The second kappa shape index (κ2) is 5.21. The van der Waals surface area contributed by atoms with Crippen molar-refractivity contribution in [3.05, 3.63) is 23.0 Å². The van der Waals surface area contributed by atoms with Gasteiger partial charge in [0.15, 0.2) is 0 Å². The number of aryl methyl sites for hydroxylation is 2. The topological polar surface area (TPSA) is 78.7 Å². The minimum absolute atomic E-state index is 0.162. The maximum Gasteiger partial charge on any atom is 0.253 e. The Morgan fingerprint density at radius 3 is 2.88 bits per heavy atom. The minimum atomic E-state index is -0.210. The third-order valence-electron chi connectivity index (χ3n) is 2.12. The molecule has 0 spiro atoms. The van der Waals surface area contributed by atoms with Crippen LogP contribution in [0.4, 0.5) is 0 Å². The highest BCUT2D eigenvalue weighted by atomic mass is 16.1. The third-order valence-corrected chi connectivity index (χ3v) is 2.12. The Morgan fingerprint density at radius 1 is 1.56 bits per heavy atom. The molecule has 16 heavy (non-hydrogen) atoms. The summed E-state index contributed by atoms with van der Waals surface area (Å²) >= 11 is 0. The van der Waals surface area contributed by atoms with Crippen molar-refractivity contribution in [3.63, 3.8) is 0 Å². The fourth-order valence-electron chi connectivity index (χ4n) is 1.27. The van der Waals surface area contributed by atoms with Crippen molar-refractivity contribution in [2.45, 2.75) is 33.2 Å². The van der Waals surface area contributed by atoms with E-state index in [9.17, 15) is 4.79 Å². The number of hydrogen-bond acceptors (Lipinski definition) is 4. The monoisotopic (exact) mass is 218 g/mol. The van der Waals surface area contributed by atoms with E-state index >= 15 is 0 Å². The van der Waals surface area contributed by atoms with Crippen molar-refractivity contribution in [1.82, 2.24) is 15.5 Å². The van der Waals surface area contributed by atoms with E-state index < -0.39 is 0 Å². The summed E-state index contributed by atoms with van der Waals surface area (Å²) < 4.78 is 0. The Bertz CT molecular complexity index is 436. The maximum atomic E-state index is 11.8. The van der Waals surface area contributed by atoms with Gasteiger partial charge in [0.25, 0.3) is 5.91 Å². The average molecular weight is 218 g/mol. The number of carbonyl (C=O) groups excluding carboxylic acids is 1. The van der Waals surface area contributed by atoms with E-state index in [1.54, 1.807) is 26.8 Å². The molecule has 0 radical (unpaired) electrons. The molecule has 1 aromatic rings. The van der Waals surface area contributed by atoms with Gasteiger partial charge in [0.05, 0.1) is 29.4 Å². The van der Waals surface area contributed by atoms with Gasteiger partial charge in [-0.2, -0.15) is 15.5 Å². The molecule has 1 unspecified atom stereocenters. The first-order chi connectivity index (χ1) is 7.54. The van der Waals surface area contributed by atoms with Gasteiger partial charge in [0.1, 0.15) is 0 Å². The van der Waals surface area contributed by atoms with Crippen molar-refractivity contribution >= 4 is 5.91 Å². The van der Waals surface area contributed by atoms with Gasteiger partial charge in [0.2, 0.25) is 0 Å². The van der Waals surface area contributed by atoms with Crippen molar-refractivity contribution in [1.29, 1.82) is 5.26 Å². The SMILES string of the molecule is Cc1cc(C(=O)NC(C)CC#N)c(C)nn1. The summed E-state index contributed by atoms with van der Waals surface area (Å²) in [7, 11) is 0. The van der Waals surface area contributed by atoms with E-state index in [0.29, 0.717) is 23.4 Å². The molecule has 5 heteroatoms. The number of aromatic nitrogens is 2. The van der Waals surface area contributed by atoms with Gasteiger partial charge in [-0.15, -0.1) is 0 Å². The summed E-state index contributed by atoms with van der Waals surface area (Å²) in [6, 6.07) is 3.54. The van der Waals surface area contributed by atoms with Gasteiger partial charge in [-0.05, 0) is 26.8 Å². The van der Waals surface area contributed by atoms with Gasteiger partial charge in [-0.25, -0.2) is 0 Å². The number of carbonyl (C=O) groups is 1. The Labute approximate surface area is 94.5 Å². The quantitative estimate of drug-likeness (QED) is 0.824. The van der Waals surface area contributed by atoms with E-state index in [2.05, 4.69) is 15.5 Å². The van der Waals surface area contributed by atoms with Crippen LogP contribution in [0.15, 0.2) is 6.07 Å². The molecular formula is C11H14N4O. The smallest absolute Gasteiger partial charge is 0.253 e. The third kappa shape index (κ3) is 3.02. The summed E-state index contributed by atoms with van der Waals surface area (Å²) in [5.41, 5.74) is 1.80. The number of rotatable bonds is 3. The lowest BCUT2D eigenvalue weighted by molar-refractivity contribution is 0.0939. The highest BCUT2D eigenvalue weighted by Gasteiger charge is 2.13. The van der Waals surface area contributed by atoms with Crippen molar-refractivity contribution in [2.75, 3.05) is 0 Å². The zero-order chi connectivity index (χ0) is 12.1. The summed E-state index contributed by atoms with van der Waals surface area (Å²) in [6.07, 6.45) is 0.294. The lowest BCUT2D eigenvalue weighted by atomic mass is 10.1. The van der Waals surface area contributed by atoms with Crippen LogP contribution in [0.5, 0.6) is 0 Å². The second-order valence-corrected chi connectivity index (χ2v) is 3.72. The fraction of sp³-hybridized carbons (Fsp3) is 0.455. The molecule has 1 N–H and O–H groups in total. The predicted molar refractivity (Wildman–Crippen MR) is 58.7 cm³/mol. The number of amides is 1. The van der Waals surface area contributed by atoms with Crippen LogP contribution in [0, 0.1) is 25.2 Å². The highest BCUT2D eigenvalue weighted by Crippen LogP contribution is 2.05. The molecule has 0 aliphatic heterocycles. The molecule has 0 saturated heterocycles. The van der Waals surface area contributed by atoms with Crippen LogP contribution in [0.3, 0.4) is 0 Å². The number of hydrogen-bond donors (Lipinski definition) is 1. The first-order valence-corrected chi connectivity index (χ1v) is 5.03. The van der Waals surface area contributed by atoms with Crippen LogP contribution in [0.1, 0.15) is 35.1 Å². The predicted octanol–water partition coefficient (Wildman–Crippen LogP) is 1.13. The summed E-state index contributed by atoms with van der Waals surface area (Å²) in [5.74, 6) is -0.210. The Kier molecular flexibility index (Phi) is 3.95. The Morgan fingerprint density at radius 2 is 2.25 bits per heavy atom. The summed E-state index contributed by atoms with van der Waals surface area (Å²) in [6.45, 7) is 5.30. The van der Waals surface area contributed by atoms with E-state index in [0.717, 1.165) is 0 Å². The molecule has 0 fully saturated rings.